The molecule has 0 spiro atoms. The molecule has 0 aromatic heterocycles. The van der Waals surface area contributed by atoms with Crippen LogP contribution in [-0.2, 0) is 31.8 Å². The van der Waals surface area contributed by atoms with Crippen LogP contribution in [0.5, 0.6) is 0 Å². The first kappa shape index (κ1) is 45.2. The van der Waals surface area contributed by atoms with E-state index < -0.39 is 21.0 Å². The Labute approximate surface area is 372 Å². The maximum absolute atomic E-state index is 3.31. The largest absolute Gasteiger partial charge is 1.00 e. The van der Waals surface area contributed by atoms with Gasteiger partial charge in [-0.1, -0.05) is 0 Å². The molecule has 2 aromatic carbocycles. The van der Waals surface area contributed by atoms with E-state index in [1.54, 1.807) is 12.2 Å². The van der Waals surface area contributed by atoms with E-state index in [2.05, 4.69) is 231 Å². The minimum absolute atomic E-state index is 0. The zero-order valence-electron chi connectivity index (χ0n) is 37.8. The van der Waals surface area contributed by atoms with Crippen LogP contribution in [0.2, 0.25) is 3.67 Å². The van der Waals surface area contributed by atoms with Crippen molar-refractivity contribution in [3.8, 4) is 0 Å². The first-order chi connectivity index (χ1) is 26.1. The Hall–Kier alpha value is -2.32. The number of benzene rings is 2. The third-order valence-corrected chi connectivity index (χ3v) is 31.7. The summed E-state index contributed by atoms with van der Waals surface area (Å²) in [6, 6.07) is 19.8. The van der Waals surface area contributed by atoms with E-state index in [0.717, 1.165) is 6.42 Å². The molecule has 0 heterocycles. The summed E-state index contributed by atoms with van der Waals surface area (Å²) in [5.41, 5.74) is 6.71. The summed E-state index contributed by atoms with van der Waals surface area (Å²) in [7, 11) is 0. The Balaban J connectivity index is 0.00000283. The Morgan fingerprint density at radius 3 is 1.47 bits per heavy atom. The molecule has 0 amide bonds. The molecule has 0 aliphatic heterocycles. The maximum Gasteiger partial charge on any atom is -1.00 e. The summed E-state index contributed by atoms with van der Waals surface area (Å²) in [5, 5.41) is 0. The van der Waals surface area contributed by atoms with Crippen LogP contribution >= 0.6 is 0 Å². The SMILES string of the molecule is CC1=CC=CC2[CH]([Hf+2]([C]3=CC=CC3)=[C](c3ccc(C(C)(C)C)cc3)c3ccc(C(C)(C)C)cc3)C3(C)C4(C)C=CC=CC4(C)C4(C)C=CC=CC4(C)C3(C)C12C.[Cl-].[Cl-]. The summed E-state index contributed by atoms with van der Waals surface area (Å²) < 4.78 is 3.96. The zero-order valence-corrected chi connectivity index (χ0v) is 42.9. The molecule has 3 heteroatoms. The van der Waals surface area contributed by atoms with Gasteiger partial charge < -0.3 is 24.8 Å². The molecule has 2 saturated carbocycles. The van der Waals surface area contributed by atoms with E-state index in [-0.39, 0.29) is 73.5 Å². The third kappa shape index (κ3) is 5.43. The minimum Gasteiger partial charge on any atom is -1.00 e. The molecule has 2 aromatic rings. The molecule has 9 unspecified atom stereocenters. The van der Waals surface area contributed by atoms with Crippen molar-refractivity contribution in [2.45, 2.75) is 118 Å². The van der Waals surface area contributed by atoms with Crippen molar-refractivity contribution in [2.75, 3.05) is 0 Å². The van der Waals surface area contributed by atoms with Gasteiger partial charge in [-0.3, -0.25) is 0 Å². The zero-order chi connectivity index (χ0) is 40.5. The first-order valence-corrected chi connectivity index (χ1v) is 27.2. The van der Waals surface area contributed by atoms with E-state index >= 15 is 0 Å². The second kappa shape index (κ2) is 14.4. The summed E-state index contributed by atoms with van der Waals surface area (Å²) in [4.78, 5) is 0. The van der Waals surface area contributed by atoms with Gasteiger partial charge in [0, 0.05) is 0 Å². The van der Waals surface area contributed by atoms with E-state index in [9.17, 15) is 0 Å². The van der Waals surface area contributed by atoms with Gasteiger partial charge in [0.2, 0.25) is 0 Å². The number of fused-ring (bicyclic) bond motifs is 8. The Morgan fingerprint density at radius 2 is 1.02 bits per heavy atom. The van der Waals surface area contributed by atoms with E-state index in [0.29, 0.717) is 9.59 Å². The van der Waals surface area contributed by atoms with E-state index in [1.165, 1.54) is 22.3 Å². The van der Waals surface area contributed by atoms with Gasteiger partial charge in [0.1, 0.15) is 0 Å². The smallest absolute Gasteiger partial charge is 1.00 e. The number of halogens is 2. The summed E-state index contributed by atoms with van der Waals surface area (Å²) in [6.07, 6.45) is 36.4. The van der Waals surface area contributed by atoms with Gasteiger partial charge in [0.05, 0.1) is 0 Å². The van der Waals surface area contributed by atoms with Gasteiger partial charge in [-0.15, -0.1) is 0 Å². The molecule has 0 N–H and O–H groups in total. The molecule has 306 valence electrons. The minimum atomic E-state index is -3.31. The van der Waals surface area contributed by atoms with E-state index in [4.69, 9.17) is 0 Å². The van der Waals surface area contributed by atoms with Crippen molar-refractivity contribution in [3.63, 3.8) is 0 Å². The van der Waals surface area contributed by atoms with Crippen LogP contribution in [0.25, 0.3) is 0 Å². The first-order valence-electron chi connectivity index (χ1n) is 21.5. The molecule has 0 radical (unpaired) electrons. The van der Waals surface area contributed by atoms with Crippen molar-refractivity contribution in [2.24, 2.45) is 43.8 Å². The molecular formula is C55H68Cl2Hf. The van der Waals surface area contributed by atoms with Gasteiger partial charge in [-0.05, 0) is 0 Å². The average molecular weight is 979 g/mol. The molecule has 8 rings (SSSR count). The molecule has 9 atom stereocenters. The van der Waals surface area contributed by atoms with Crippen LogP contribution in [0, 0.1) is 43.8 Å². The van der Waals surface area contributed by atoms with Crippen LogP contribution in [0.4, 0.5) is 0 Å². The van der Waals surface area contributed by atoms with Crippen LogP contribution < -0.4 is 24.8 Å². The van der Waals surface area contributed by atoms with Gasteiger partial charge in [-0.2, -0.15) is 0 Å². The van der Waals surface area contributed by atoms with Crippen molar-refractivity contribution in [1.29, 1.82) is 0 Å². The number of rotatable bonds is 4. The van der Waals surface area contributed by atoms with Gasteiger partial charge in [-0.25, -0.2) is 0 Å². The molecule has 0 saturated heterocycles. The van der Waals surface area contributed by atoms with Gasteiger partial charge in [0.25, 0.3) is 0 Å². The van der Waals surface area contributed by atoms with Crippen LogP contribution in [0.1, 0.15) is 126 Å². The quantitative estimate of drug-likeness (QED) is 0.270. The molecule has 2 fully saturated rings. The molecule has 6 aliphatic carbocycles. The normalized spacial score (nSPS) is 37.6. The molecule has 6 aliphatic rings. The van der Waals surface area contributed by atoms with Crippen molar-refractivity contribution in [1.82, 2.24) is 0 Å². The second-order valence-corrected chi connectivity index (χ2v) is 31.1. The molecular weight excluding hydrogens is 910 g/mol. The number of allylic oxidation sites excluding steroid dienone is 16. The predicted molar refractivity (Wildman–Crippen MR) is 239 cm³/mol. The van der Waals surface area contributed by atoms with Crippen LogP contribution in [0.15, 0.2) is 142 Å². The Bertz CT molecular complexity index is 2200. The topological polar surface area (TPSA) is 0 Å². The van der Waals surface area contributed by atoms with Crippen molar-refractivity contribution < 1.29 is 45.8 Å². The third-order valence-electron chi connectivity index (χ3n) is 18.3. The summed E-state index contributed by atoms with van der Waals surface area (Å²) in [5.74, 6) is 0.405. The Morgan fingerprint density at radius 1 is 0.569 bits per heavy atom. The molecule has 0 bridgehead atoms. The second-order valence-electron chi connectivity index (χ2n) is 21.8. The number of hydrogen-bond acceptors (Lipinski definition) is 0. The van der Waals surface area contributed by atoms with Crippen LogP contribution in [0.3, 0.4) is 0 Å². The monoisotopic (exact) mass is 978 g/mol. The van der Waals surface area contributed by atoms with Gasteiger partial charge in [0.15, 0.2) is 0 Å². The van der Waals surface area contributed by atoms with Crippen molar-refractivity contribution >= 4 is 3.26 Å². The summed E-state index contributed by atoms with van der Waals surface area (Å²) >= 11 is -3.31. The van der Waals surface area contributed by atoms with E-state index in [1.807, 2.05) is 0 Å². The van der Waals surface area contributed by atoms with Crippen LogP contribution in [-0.4, -0.2) is 3.26 Å². The predicted octanol–water partition coefficient (Wildman–Crippen LogP) is 8.56. The standard InChI is InChI=1S/C29H37.C21H26.C5H5.2ClH.Hf/c1-21-14-13-15-22-20-27(6)25(4)18-10-9-16-23(25,2)24(3)17-11-12-19-26(24,5)29(27,8)28(21,22)7;1-20(2,3)18-11-7-16(8-12-18)15-17-9-13-19(14-10-17)21(4,5)6;1-2-4-5-3-1;;;/h9-20,22H,1-8H3;7-14H,1-6H3;1-3H,4H2;2*1H;/q;;;;;+2/p-2. The molecule has 58 heavy (non-hydrogen) atoms. The fraction of sp³-hybridized carbons (Fsp3) is 0.473. The van der Waals surface area contributed by atoms with Gasteiger partial charge >= 0.3 is 351 Å². The van der Waals surface area contributed by atoms with Crippen molar-refractivity contribution in [3.05, 3.63) is 165 Å². The fourth-order valence-corrected chi connectivity index (χ4v) is 30.6. The fourth-order valence-electron chi connectivity index (χ4n) is 14.1. The average Bonchev–Trinajstić information content (AvgIpc) is 3.74. The maximum atomic E-state index is 2.83. The Kier molecular flexibility index (Phi) is 11.2. The number of hydrogen-bond donors (Lipinski definition) is 0. The summed E-state index contributed by atoms with van der Waals surface area (Å²) in [6.45, 7) is 35.5. The molecule has 0 nitrogen and oxygen atoms in total.